The molecule has 9 heteroatoms. The summed E-state index contributed by atoms with van der Waals surface area (Å²) in [5, 5.41) is 2.56. The van der Waals surface area contributed by atoms with Crippen LogP contribution in [0.15, 0.2) is 0 Å². The van der Waals surface area contributed by atoms with Gasteiger partial charge in [-0.1, -0.05) is 6.42 Å². The highest BCUT2D eigenvalue weighted by molar-refractivity contribution is 6.04. The normalized spacial score (nSPS) is 19.1. The Hall–Kier alpha value is -2.00. The molecule has 9 nitrogen and oxygen atoms in total. The number of ether oxygens (including phenoxy) is 1. The molecule has 0 radical (unpaired) electrons. The second kappa shape index (κ2) is 9.99. The first-order valence-corrected chi connectivity index (χ1v) is 8.16. The van der Waals surface area contributed by atoms with E-state index in [1.807, 2.05) is 0 Å². The van der Waals surface area contributed by atoms with E-state index in [0.29, 0.717) is 13.0 Å². The molecule has 1 heterocycles. The summed E-state index contributed by atoms with van der Waals surface area (Å²) in [5.41, 5.74) is 11.2. The number of carbonyl (C=O) groups is 4. The van der Waals surface area contributed by atoms with Gasteiger partial charge in [0.15, 0.2) is 0 Å². The number of nitrogens with two attached hydrogens (primary N) is 2. The van der Waals surface area contributed by atoms with Crippen LogP contribution in [0.25, 0.3) is 0 Å². The monoisotopic (exact) mass is 342 g/mol. The molecule has 3 amide bonds. The Labute approximate surface area is 141 Å². The first kappa shape index (κ1) is 20.0. The quantitative estimate of drug-likeness (QED) is 0.266. The third-order valence-electron chi connectivity index (χ3n) is 3.73. The van der Waals surface area contributed by atoms with Crippen molar-refractivity contribution in [2.24, 2.45) is 11.5 Å². The van der Waals surface area contributed by atoms with E-state index in [4.69, 9.17) is 16.2 Å². The van der Waals surface area contributed by atoms with Crippen LogP contribution in [-0.2, 0) is 23.9 Å². The Morgan fingerprint density at radius 2 is 2.08 bits per heavy atom. The third kappa shape index (κ3) is 5.89. The molecule has 0 aromatic rings. The number of esters is 1. The molecule has 136 valence electrons. The van der Waals surface area contributed by atoms with Crippen molar-refractivity contribution in [3.8, 4) is 0 Å². The topological polar surface area (TPSA) is 145 Å². The highest BCUT2D eigenvalue weighted by Gasteiger charge is 2.37. The lowest BCUT2D eigenvalue weighted by Crippen LogP contribution is -2.57. The Kier molecular flexibility index (Phi) is 8.34. The van der Waals surface area contributed by atoms with Gasteiger partial charge in [0.1, 0.15) is 12.6 Å². The maximum Gasteiger partial charge on any atom is 0.326 e. The number of imide groups is 1. The number of nitrogens with zero attached hydrogens (tertiary/aromatic N) is 1. The molecule has 1 aliphatic rings. The maximum absolute atomic E-state index is 12.3. The van der Waals surface area contributed by atoms with Crippen LogP contribution in [0.5, 0.6) is 0 Å². The van der Waals surface area contributed by atoms with E-state index in [0.717, 1.165) is 17.7 Å². The molecule has 2 atom stereocenters. The standard InChI is InChI=1S/C15H26N4O5/c1-2-24-13(21)9-19-12(20)7-6-11(15(19)23)18-14(22)10(17)5-3-4-8-16/h10-11H,2-9,16-17H2,1H3,(H,18,22)/t10-,11-/m0/s1. The molecule has 24 heavy (non-hydrogen) atoms. The van der Waals surface area contributed by atoms with E-state index in [1.165, 1.54) is 0 Å². The lowest BCUT2D eigenvalue weighted by Gasteiger charge is -2.30. The van der Waals surface area contributed by atoms with Crippen LogP contribution >= 0.6 is 0 Å². The minimum atomic E-state index is -0.856. The molecule has 0 bridgehead atoms. The Balaban J connectivity index is 2.59. The van der Waals surface area contributed by atoms with Crippen molar-refractivity contribution in [1.82, 2.24) is 10.2 Å². The van der Waals surface area contributed by atoms with Gasteiger partial charge < -0.3 is 21.5 Å². The molecule has 0 unspecified atom stereocenters. The Morgan fingerprint density at radius 1 is 1.38 bits per heavy atom. The Morgan fingerprint density at radius 3 is 2.71 bits per heavy atom. The van der Waals surface area contributed by atoms with Crippen molar-refractivity contribution in [1.29, 1.82) is 0 Å². The summed E-state index contributed by atoms with van der Waals surface area (Å²) >= 11 is 0. The summed E-state index contributed by atoms with van der Waals surface area (Å²) in [6.45, 7) is 1.88. The van der Waals surface area contributed by atoms with Gasteiger partial charge in [0, 0.05) is 6.42 Å². The lowest BCUT2D eigenvalue weighted by atomic mass is 10.0. The SMILES string of the molecule is CCOC(=O)CN1C(=O)CC[C@H](NC(=O)[C@@H](N)CCCCN)C1=O. The van der Waals surface area contributed by atoms with Crippen molar-refractivity contribution >= 4 is 23.7 Å². The van der Waals surface area contributed by atoms with Gasteiger partial charge in [-0.25, -0.2) is 0 Å². The molecule has 0 aliphatic carbocycles. The Bertz CT molecular complexity index is 482. The zero-order valence-electron chi connectivity index (χ0n) is 14.0. The van der Waals surface area contributed by atoms with Crippen molar-refractivity contribution in [3.05, 3.63) is 0 Å². The number of carbonyl (C=O) groups excluding carboxylic acids is 4. The minimum Gasteiger partial charge on any atom is -0.465 e. The fraction of sp³-hybridized carbons (Fsp3) is 0.733. The fourth-order valence-corrected chi connectivity index (χ4v) is 2.39. The highest BCUT2D eigenvalue weighted by Crippen LogP contribution is 2.14. The number of hydrogen-bond acceptors (Lipinski definition) is 7. The first-order chi connectivity index (χ1) is 11.4. The van der Waals surface area contributed by atoms with Crippen molar-refractivity contribution in [2.45, 2.75) is 51.1 Å². The fourth-order valence-electron chi connectivity index (χ4n) is 2.39. The summed E-state index contributed by atoms with van der Waals surface area (Å²) in [4.78, 5) is 48.5. The summed E-state index contributed by atoms with van der Waals surface area (Å²) in [6, 6.07) is -1.59. The average Bonchev–Trinajstić information content (AvgIpc) is 2.54. The zero-order valence-corrected chi connectivity index (χ0v) is 14.0. The molecule has 1 fully saturated rings. The lowest BCUT2D eigenvalue weighted by molar-refractivity contribution is -0.158. The van der Waals surface area contributed by atoms with Gasteiger partial charge in [-0.3, -0.25) is 24.1 Å². The van der Waals surface area contributed by atoms with Crippen LogP contribution in [0.1, 0.15) is 39.0 Å². The smallest absolute Gasteiger partial charge is 0.326 e. The summed E-state index contributed by atoms with van der Waals surface area (Å²) in [7, 11) is 0. The molecule has 0 aromatic carbocycles. The molecule has 1 rings (SSSR count). The van der Waals surface area contributed by atoms with Crippen LogP contribution in [0.3, 0.4) is 0 Å². The number of amides is 3. The number of nitrogens with one attached hydrogen (secondary N) is 1. The van der Waals surface area contributed by atoms with Gasteiger partial charge in [-0.15, -0.1) is 0 Å². The van der Waals surface area contributed by atoms with Gasteiger partial charge in [0.2, 0.25) is 11.8 Å². The van der Waals surface area contributed by atoms with Crippen LogP contribution in [0.4, 0.5) is 0 Å². The van der Waals surface area contributed by atoms with Crippen LogP contribution in [0, 0.1) is 0 Å². The molecule has 0 aromatic heterocycles. The molecular formula is C15H26N4O5. The van der Waals surface area contributed by atoms with Gasteiger partial charge in [-0.05, 0) is 32.7 Å². The number of rotatable bonds is 9. The molecule has 0 spiro atoms. The summed E-state index contributed by atoms with van der Waals surface area (Å²) in [5.74, 6) is -2.17. The van der Waals surface area contributed by atoms with Crippen molar-refractivity contribution < 1.29 is 23.9 Å². The van der Waals surface area contributed by atoms with Gasteiger partial charge >= 0.3 is 5.97 Å². The molecule has 0 saturated carbocycles. The molecule has 1 saturated heterocycles. The van der Waals surface area contributed by atoms with Crippen molar-refractivity contribution in [3.63, 3.8) is 0 Å². The predicted octanol–water partition coefficient (Wildman–Crippen LogP) is -1.36. The predicted molar refractivity (Wildman–Crippen MR) is 85.4 cm³/mol. The van der Waals surface area contributed by atoms with E-state index in [1.54, 1.807) is 6.92 Å². The number of likely N-dealkylation sites (tertiary alicyclic amines) is 1. The van der Waals surface area contributed by atoms with Gasteiger partial charge in [-0.2, -0.15) is 0 Å². The van der Waals surface area contributed by atoms with E-state index in [9.17, 15) is 19.2 Å². The van der Waals surface area contributed by atoms with Crippen molar-refractivity contribution in [2.75, 3.05) is 19.7 Å². The summed E-state index contributed by atoms with van der Waals surface area (Å²) < 4.78 is 4.75. The van der Waals surface area contributed by atoms with Gasteiger partial charge in [0.25, 0.3) is 5.91 Å². The number of unbranched alkanes of at least 4 members (excludes halogenated alkanes) is 1. The van der Waals surface area contributed by atoms with E-state index in [-0.39, 0.29) is 19.4 Å². The number of hydrogen-bond donors (Lipinski definition) is 3. The van der Waals surface area contributed by atoms with Crippen LogP contribution in [-0.4, -0.2) is 60.4 Å². The van der Waals surface area contributed by atoms with Crippen LogP contribution in [0.2, 0.25) is 0 Å². The van der Waals surface area contributed by atoms with Crippen LogP contribution < -0.4 is 16.8 Å². The zero-order chi connectivity index (χ0) is 18.1. The molecular weight excluding hydrogens is 316 g/mol. The number of piperidine rings is 1. The first-order valence-electron chi connectivity index (χ1n) is 8.16. The second-order valence-electron chi connectivity index (χ2n) is 5.61. The average molecular weight is 342 g/mol. The molecule has 5 N–H and O–H groups in total. The van der Waals surface area contributed by atoms with E-state index >= 15 is 0 Å². The van der Waals surface area contributed by atoms with Gasteiger partial charge in [0.05, 0.1) is 12.6 Å². The molecule has 1 aliphatic heterocycles. The second-order valence-corrected chi connectivity index (χ2v) is 5.61. The van der Waals surface area contributed by atoms with E-state index < -0.39 is 42.3 Å². The minimum absolute atomic E-state index is 0.0680. The van der Waals surface area contributed by atoms with E-state index in [2.05, 4.69) is 5.32 Å². The highest BCUT2D eigenvalue weighted by atomic mass is 16.5. The maximum atomic E-state index is 12.3. The third-order valence-corrected chi connectivity index (χ3v) is 3.73. The summed E-state index contributed by atoms with van der Waals surface area (Å²) in [6.07, 6.45) is 2.22. The largest absolute Gasteiger partial charge is 0.465 e.